The molecule has 138 valence electrons. The molecule has 0 bridgehead atoms. The summed E-state index contributed by atoms with van der Waals surface area (Å²) in [4.78, 5) is 25.5. The van der Waals surface area contributed by atoms with Gasteiger partial charge in [-0.05, 0) is 50.6 Å². The predicted molar refractivity (Wildman–Crippen MR) is 93.7 cm³/mol. The van der Waals surface area contributed by atoms with Crippen molar-refractivity contribution in [3.8, 4) is 5.69 Å². The Labute approximate surface area is 150 Å². The first-order chi connectivity index (χ1) is 12.4. The summed E-state index contributed by atoms with van der Waals surface area (Å²) < 4.78 is 14.7. The molecule has 0 saturated carbocycles. The predicted octanol–water partition coefficient (Wildman–Crippen LogP) is 2.20. The van der Waals surface area contributed by atoms with Gasteiger partial charge < -0.3 is 10.4 Å². The number of carbonyl (C=O) groups is 2. The zero-order valence-electron chi connectivity index (χ0n) is 14.5. The largest absolute Gasteiger partial charge is 0.480 e. The molecule has 2 N–H and O–H groups in total. The lowest BCUT2D eigenvalue weighted by molar-refractivity contribution is -0.145. The van der Waals surface area contributed by atoms with Crippen LogP contribution in [0.2, 0.25) is 0 Å². The number of halogens is 1. The summed E-state index contributed by atoms with van der Waals surface area (Å²) in [5.74, 6) is -1.10. The molecule has 1 aromatic heterocycles. The molecule has 26 heavy (non-hydrogen) atoms. The number of amides is 1. The minimum absolute atomic E-state index is 0.00458. The van der Waals surface area contributed by atoms with E-state index in [1.807, 2.05) is 0 Å². The lowest BCUT2D eigenvalue weighted by Gasteiger charge is -2.32. The zero-order valence-corrected chi connectivity index (χ0v) is 14.5. The Bertz CT molecular complexity index is 803. The van der Waals surface area contributed by atoms with Gasteiger partial charge in [0.05, 0.1) is 17.9 Å². The number of rotatable bonds is 5. The average Bonchev–Trinajstić information content (AvgIpc) is 2.96. The Morgan fingerprint density at radius 3 is 2.73 bits per heavy atom. The van der Waals surface area contributed by atoms with E-state index in [0.29, 0.717) is 30.2 Å². The van der Waals surface area contributed by atoms with E-state index in [0.717, 1.165) is 12.8 Å². The fraction of sp³-hybridized carbons (Fsp3) is 0.389. The third-order valence-electron chi connectivity index (χ3n) is 4.42. The van der Waals surface area contributed by atoms with Crippen molar-refractivity contribution in [1.82, 2.24) is 14.7 Å². The Morgan fingerprint density at radius 1 is 1.31 bits per heavy atom. The Hall–Kier alpha value is -2.74. The van der Waals surface area contributed by atoms with E-state index in [4.69, 9.17) is 0 Å². The second-order valence-electron chi connectivity index (χ2n) is 6.43. The number of likely N-dealkylation sites (tertiary alicyclic amines) is 1. The number of hydrogen-bond acceptors (Lipinski definition) is 4. The lowest BCUT2D eigenvalue weighted by atomic mass is 10.0. The Kier molecular flexibility index (Phi) is 5.32. The highest BCUT2D eigenvalue weighted by atomic mass is 19.1. The van der Waals surface area contributed by atoms with E-state index in [9.17, 15) is 19.1 Å². The molecule has 1 saturated heterocycles. The molecule has 3 rings (SSSR count). The van der Waals surface area contributed by atoms with Crippen LogP contribution in [0.3, 0.4) is 0 Å². The van der Waals surface area contributed by atoms with Crippen molar-refractivity contribution in [1.29, 1.82) is 0 Å². The van der Waals surface area contributed by atoms with E-state index >= 15 is 0 Å². The molecule has 7 nitrogen and oxygen atoms in total. The Morgan fingerprint density at radius 2 is 2.04 bits per heavy atom. The summed E-state index contributed by atoms with van der Waals surface area (Å²) in [5.41, 5.74) is 1.32. The molecule has 0 spiro atoms. The van der Waals surface area contributed by atoms with Crippen molar-refractivity contribution >= 4 is 17.7 Å². The van der Waals surface area contributed by atoms with Crippen molar-refractivity contribution in [2.45, 2.75) is 32.2 Å². The summed E-state index contributed by atoms with van der Waals surface area (Å²) >= 11 is 0. The standard InChI is InChI=1S/C18H21FN4O3/c1-12-10-16(23(21-12)14-7-5-13(19)6-8-14)20-17(24)11-22-9-3-2-4-15(22)18(25)26/h5-8,10,15H,2-4,9,11H2,1H3,(H,20,24)(H,25,26). The molecule has 1 atom stereocenters. The maximum atomic E-state index is 13.1. The topological polar surface area (TPSA) is 87.5 Å². The number of benzene rings is 1. The highest BCUT2D eigenvalue weighted by Crippen LogP contribution is 2.19. The first kappa shape index (κ1) is 18.1. The summed E-state index contributed by atoms with van der Waals surface area (Å²) in [6, 6.07) is 6.88. The number of nitrogens with zero attached hydrogens (tertiary/aromatic N) is 3. The SMILES string of the molecule is Cc1cc(NC(=O)CN2CCCCC2C(=O)O)n(-c2ccc(F)cc2)n1. The third kappa shape index (κ3) is 4.08. The molecule has 0 radical (unpaired) electrons. The van der Waals surface area contributed by atoms with Gasteiger partial charge in [0.25, 0.3) is 0 Å². The molecule has 1 aromatic carbocycles. The van der Waals surface area contributed by atoms with Crippen molar-refractivity contribution in [2.24, 2.45) is 0 Å². The van der Waals surface area contributed by atoms with Gasteiger partial charge in [0.1, 0.15) is 17.7 Å². The minimum atomic E-state index is -0.898. The van der Waals surface area contributed by atoms with Crippen LogP contribution in [0.4, 0.5) is 10.2 Å². The van der Waals surface area contributed by atoms with Crippen molar-refractivity contribution in [3.05, 3.63) is 41.8 Å². The second-order valence-corrected chi connectivity index (χ2v) is 6.43. The van der Waals surface area contributed by atoms with Crippen molar-refractivity contribution in [3.63, 3.8) is 0 Å². The van der Waals surface area contributed by atoms with Gasteiger partial charge in [-0.1, -0.05) is 6.42 Å². The van der Waals surface area contributed by atoms with Gasteiger partial charge in [0.2, 0.25) is 5.91 Å². The number of aliphatic carboxylic acids is 1. The van der Waals surface area contributed by atoms with Crippen LogP contribution in [0.5, 0.6) is 0 Å². The fourth-order valence-electron chi connectivity index (χ4n) is 3.19. The van der Waals surface area contributed by atoms with Crippen LogP contribution >= 0.6 is 0 Å². The number of nitrogens with one attached hydrogen (secondary N) is 1. The maximum absolute atomic E-state index is 13.1. The lowest BCUT2D eigenvalue weighted by Crippen LogP contribution is -2.47. The van der Waals surface area contributed by atoms with Crippen LogP contribution < -0.4 is 5.32 Å². The highest BCUT2D eigenvalue weighted by molar-refractivity contribution is 5.92. The number of aromatic nitrogens is 2. The molecule has 1 aliphatic heterocycles. The summed E-state index contributed by atoms with van der Waals surface area (Å²) in [5, 5.41) is 16.4. The summed E-state index contributed by atoms with van der Waals surface area (Å²) in [6.07, 6.45) is 2.28. The highest BCUT2D eigenvalue weighted by Gasteiger charge is 2.29. The smallest absolute Gasteiger partial charge is 0.320 e. The van der Waals surface area contributed by atoms with Gasteiger partial charge in [0.15, 0.2) is 0 Å². The maximum Gasteiger partial charge on any atom is 0.320 e. The number of carbonyl (C=O) groups excluding carboxylic acids is 1. The molecular formula is C18H21FN4O3. The minimum Gasteiger partial charge on any atom is -0.480 e. The van der Waals surface area contributed by atoms with Crippen LogP contribution in [-0.4, -0.2) is 50.8 Å². The Balaban J connectivity index is 1.73. The quantitative estimate of drug-likeness (QED) is 0.854. The second kappa shape index (κ2) is 7.65. The molecule has 2 aromatic rings. The molecule has 8 heteroatoms. The molecule has 1 fully saturated rings. The van der Waals surface area contributed by atoms with E-state index in [-0.39, 0.29) is 18.3 Å². The van der Waals surface area contributed by atoms with Crippen LogP contribution in [0.15, 0.2) is 30.3 Å². The number of anilines is 1. The van der Waals surface area contributed by atoms with Crippen LogP contribution in [0, 0.1) is 12.7 Å². The van der Waals surface area contributed by atoms with Gasteiger partial charge in [-0.3, -0.25) is 14.5 Å². The monoisotopic (exact) mass is 360 g/mol. The number of hydrogen-bond donors (Lipinski definition) is 2. The van der Waals surface area contributed by atoms with Crippen LogP contribution in [-0.2, 0) is 9.59 Å². The molecule has 0 aliphatic carbocycles. The van der Waals surface area contributed by atoms with E-state index in [2.05, 4.69) is 10.4 Å². The van der Waals surface area contributed by atoms with Gasteiger partial charge in [-0.25, -0.2) is 9.07 Å². The normalized spacial score (nSPS) is 17.8. The van der Waals surface area contributed by atoms with Crippen molar-refractivity contribution < 1.29 is 19.1 Å². The average molecular weight is 360 g/mol. The summed E-state index contributed by atoms with van der Waals surface area (Å²) in [7, 11) is 0. The van der Waals surface area contributed by atoms with E-state index in [1.165, 1.54) is 16.8 Å². The van der Waals surface area contributed by atoms with Gasteiger partial charge in [0, 0.05) is 6.07 Å². The van der Waals surface area contributed by atoms with Gasteiger partial charge >= 0.3 is 5.97 Å². The van der Waals surface area contributed by atoms with E-state index in [1.54, 1.807) is 30.0 Å². The molecule has 1 aliphatic rings. The van der Waals surface area contributed by atoms with Crippen LogP contribution in [0.1, 0.15) is 25.0 Å². The number of piperidine rings is 1. The number of carboxylic acids is 1. The number of carboxylic acid groups (broad SMARTS) is 1. The first-order valence-electron chi connectivity index (χ1n) is 8.53. The van der Waals surface area contributed by atoms with Gasteiger partial charge in [-0.2, -0.15) is 5.10 Å². The first-order valence-corrected chi connectivity index (χ1v) is 8.53. The fourth-order valence-corrected chi connectivity index (χ4v) is 3.19. The zero-order chi connectivity index (χ0) is 18.7. The van der Waals surface area contributed by atoms with Gasteiger partial charge in [-0.15, -0.1) is 0 Å². The molecule has 2 heterocycles. The van der Waals surface area contributed by atoms with Crippen LogP contribution in [0.25, 0.3) is 5.69 Å². The molecular weight excluding hydrogens is 339 g/mol. The third-order valence-corrected chi connectivity index (χ3v) is 4.42. The number of aryl methyl sites for hydroxylation is 1. The van der Waals surface area contributed by atoms with Crippen molar-refractivity contribution in [2.75, 3.05) is 18.4 Å². The summed E-state index contributed by atoms with van der Waals surface area (Å²) in [6.45, 7) is 2.38. The molecule has 1 amide bonds. The molecule has 1 unspecified atom stereocenters. The van der Waals surface area contributed by atoms with E-state index < -0.39 is 12.0 Å².